The highest BCUT2D eigenvalue weighted by molar-refractivity contribution is 14.1. The van der Waals surface area contributed by atoms with Crippen LogP contribution in [0.25, 0.3) is 0 Å². The Morgan fingerprint density at radius 3 is 2.78 bits per heavy atom. The lowest BCUT2D eigenvalue weighted by Gasteiger charge is -1.91. The molecule has 0 unspecified atom stereocenters. The number of hydrogen-bond donors (Lipinski definition) is 0. The van der Waals surface area contributed by atoms with Crippen LogP contribution in [-0.2, 0) is 0 Å². The molecule has 0 saturated carbocycles. The topological polar surface area (TPSA) is 12.9 Å². The van der Waals surface area contributed by atoms with Crippen LogP contribution in [-0.4, -0.2) is 4.98 Å². The zero-order valence-electron chi connectivity index (χ0n) is 4.24. The van der Waals surface area contributed by atoms with Gasteiger partial charge < -0.3 is 0 Å². The summed E-state index contributed by atoms with van der Waals surface area (Å²) < 4.78 is 12.9. The largest absolute Gasteiger partial charge is 0.240 e. The second-order valence-corrected chi connectivity index (χ2v) is 2.95. The van der Waals surface area contributed by atoms with Crippen LogP contribution in [0, 0.1) is 9.39 Å². The Kier molecular flexibility index (Phi) is 2.23. The van der Waals surface area contributed by atoms with Gasteiger partial charge in [-0.05, 0) is 28.7 Å². The van der Waals surface area contributed by atoms with E-state index in [1.54, 1.807) is 0 Å². The first-order chi connectivity index (χ1) is 4.20. The molecule has 1 heterocycles. The van der Waals surface area contributed by atoms with Crippen molar-refractivity contribution in [1.29, 1.82) is 0 Å². The van der Waals surface area contributed by atoms with Crippen LogP contribution in [0.15, 0.2) is 12.3 Å². The zero-order valence-corrected chi connectivity index (χ0v) is 7.15. The van der Waals surface area contributed by atoms with Crippen LogP contribution in [0.3, 0.4) is 0 Å². The summed E-state index contributed by atoms with van der Waals surface area (Å²) in [5, 5.41) is 0.344. The maximum absolute atomic E-state index is 12.2. The average Bonchev–Trinajstić information content (AvgIpc) is 1.80. The van der Waals surface area contributed by atoms with E-state index in [4.69, 9.17) is 11.6 Å². The molecular formula is C5H2ClFIN. The minimum absolute atomic E-state index is 0.344. The van der Waals surface area contributed by atoms with Gasteiger partial charge in [-0.1, -0.05) is 11.6 Å². The molecule has 1 nitrogen and oxygen atoms in total. The Bertz CT molecular complexity index is 228. The van der Waals surface area contributed by atoms with Crippen molar-refractivity contribution in [1.82, 2.24) is 4.98 Å². The van der Waals surface area contributed by atoms with Crippen molar-refractivity contribution >= 4 is 34.2 Å². The van der Waals surface area contributed by atoms with E-state index in [9.17, 15) is 4.39 Å². The van der Waals surface area contributed by atoms with Crippen LogP contribution in [0.1, 0.15) is 0 Å². The number of pyridine rings is 1. The second kappa shape index (κ2) is 2.79. The highest BCUT2D eigenvalue weighted by Crippen LogP contribution is 2.14. The summed E-state index contributed by atoms with van der Waals surface area (Å²) in [5.41, 5.74) is 0. The molecule has 0 saturated heterocycles. The number of rotatable bonds is 0. The van der Waals surface area contributed by atoms with Crippen LogP contribution in [0.4, 0.5) is 4.39 Å². The van der Waals surface area contributed by atoms with E-state index in [2.05, 4.69) is 4.98 Å². The van der Waals surface area contributed by atoms with Gasteiger partial charge in [-0.15, -0.1) is 0 Å². The van der Waals surface area contributed by atoms with Crippen molar-refractivity contribution in [2.24, 2.45) is 0 Å². The molecular weight excluding hydrogens is 255 g/mol. The SMILES string of the molecule is Fc1cnc(Cl)c(I)c1. The van der Waals surface area contributed by atoms with Gasteiger partial charge in [0.15, 0.2) is 0 Å². The first kappa shape index (κ1) is 7.21. The fraction of sp³-hybridized carbons (Fsp3) is 0. The first-order valence-electron chi connectivity index (χ1n) is 2.16. The zero-order chi connectivity index (χ0) is 6.85. The average molecular weight is 257 g/mol. The Balaban J connectivity index is 3.17. The highest BCUT2D eigenvalue weighted by atomic mass is 127. The lowest BCUT2D eigenvalue weighted by Crippen LogP contribution is -1.81. The van der Waals surface area contributed by atoms with Crippen molar-refractivity contribution in [2.45, 2.75) is 0 Å². The second-order valence-electron chi connectivity index (χ2n) is 1.43. The monoisotopic (exact) mass is 257 g/mol. The summed E-state index contributed by atoms with van der Waals surface area (Å²) in [6.07, 6.45) is 1.09. The molecule has 0 aliphatic carbocycles. The van der Waals surface area contributed by atoms with Gasteiger partial charge in [0.2, 0.25) is 0 Å². The Morgan fingerprint density at radius 1 is 1.67 bits per heavy atom. The molecule has 0 amide bonds. The molecule has 1 aromatic rings. The minimum Gasteiger partial charge on any atom is -0.240 e. The Morgan fingerprint density at radius 2 is 2.33 bits per heavy atom. The van der Waals surface area contributed by atoms with Crippen molar-refractivity contribution < 1.29 is 4.39 Å². The Hall–Kier alpha value is 0.100. The molecule has 0 aromatic carbocycles. The molecule has 1 rings (SSSR count). The maximum Gasteiger partial charge on any atom is 0.142 e. The van der Waals surface area contributed by atoms with Gasteiger partial charge in [-0.3, -0.25) is 0 Å². The molecule has 0 aliphatic heterocycles. The quantitative estimate of drug-likeness (QED) is 0.514. The molecule has 0 fully saturated rings. The van der Waals surface area contributed by atoms with E-state index >= 15 is 0 Å². The normalized spacial score (nSPS) is 9.67. The van der Waals surface area contributed by atoms with Gasteiger partial charge in [0.1, 0.15) is 11.0 Å². The van der Waals surface area contributed by atoms with Crippen LogP contribution < -0.4 is 0 Å². The van der Waals surface area contributed by atoms with Gasteiger partial charge in [-0.2, -0.15) is 0 Å². The smallest absolute Gasteiger partial charge is 0.142 e. The molecule has 0 radical (unpaired) electrons. The van der Waals surface area contributed by atoms with Gasteiger partial charge in [-0.25, -0.2) is 9.37 Å². The van der Waals surface area contributed by atoms with Crippen LogP contribution >= 0.6 is 34.2 Å². The summed E-state index contributed by atoms with van der Waals surface area (Å²) in [6.45, 7) is 0. The van der Waals surface area contributed by atoms with Gasteiger partial charge >= 0.3 is 0 Å². The summed E-state index contributed by atoms with van der Waals surface area (Å²) >= 11 is 7.41. The van der Waals surface area contributed by atoms with Crippen molar-refractivity contribution in [3.8, 4) is 0 Å². The summed E-state index contributed by atoms with van der Waals surface area (Å²) in [5.74, 6) is -0.358. The number of hydrogen-bond acceptors (Lipinski definition) is 1. The van der Waals surface area contributed by atoms with Crippen molar-refractivity contribution in [3.63, 3.8) is 0 Å². The molecule has 4 heteroatoms. The fourth-order valence-electron chi connectivity index (χ4n) is 0.398. The van der Waals surface area contributed by atoms with Crippen molar-refractivity contribution in [3.05, 3.63) is 26.8 Å². The van der Waals surface area contributed by atoms with Crippen LogP contribution in [0.2, 0.25) is 5.15 Å². The molecule has 9 heavy (non-hydrogen) atoms. The standard InChI is InChI=1S/C5H2ClFIN/c6-5-4(8)1-3(7)2-9-5/h1-2H. The van der Waals surface area contributed by atoms with Crippen molar-refractivity contribution in [2.75, 3.05) is 0 Å². The van der Waals surface area contributed by atoms with Gasteiger partial charge in [0.05, 0.1) is 9.77 Å². The molecule has 0 N–H and O–H groups in total. The third-order valence-corrected chi connectivity index (χ3v) is 2.21. The maximum atomic E-state index is 12.2. The number of halogens is 3. The fourth-order valence-corrected chi connectivity index (χ4v) is 0.938. The van der Waals surface area contributed by atoms with E-state index in [0.29, 0.717) is 8.72 Å². The van der Waals surface area contributed by atoms with Gasteiger partial charge in [0.25, 0.3) is 0 Å². The van der Waals surface area contributed by atoms with E-state index < -0.39 is 0 Å². The highest BCUT2D eigenvalue weighted by Gasteiger charge is 1.97. The lowest BCUT2D eigenvalue weighted by molar-refractivity contribution is 0.620. The third kappa shape index (κ3) is 1.76. The molecule has 0 spiro atoms. The van der Waals surface area contributed by atoms with Gasteiger partial charge in [0, 0.05) is 0 Å². The molecule has 0 atom stereocenters. The summed E-state index contributed by atoms with van der Waals surface area (Å²) in [6, 6.07) is 1.33. The predicted octanol–water partition coefficient (Wildman–Crippen LogP) is 2.48. The molecule has 0 aliphatic rings. The number of nitrogens with zero attached hydrogens (tertiary/aromatic N) is 1. The molecule has 1 aromatic heterocycles. The summed E-state index contributed by atoms with van der Waals surface area (Å²) in [4.78, 5) is 3.56. The molecule has 48 valence electrons. The Labute approximate surface area is 70.4 Å². The predicted molar refractivity (Wildman–Crippen MR) is 41.9 cm³/mol. The van der Waals surface area contributed by atoms with E-state index in [1.165, 1.54) is 6.07 Å². The summed E-state index contributed by atoms with van der Waals surface area (Å²) in [7, 11) is 0. The van der Waals surface area contributed by atoms with E-state index in [1.807, 2.05) is 22.6 Å². The lowest BCUT2D eigenvalue weighted by atomic mass is 10.5. The van der Waals surface area contributed by atoms with Crippen LogP contribution in [0.5, 0.6) is 0 Å². The van der Waals surface area contributed by atoms with E-state index in [-0.39, 0.29) is 5.82 Å². The van der Waals surface area contributed by atoms with E-state index in [0.717, 1.165) is 6.20 Å². The third-order valence-electron chi connectivity index (χ3n) is 0.763. The minimum atomic E-state index is -0.358. The first-order valence-corrected chi connectivity index (χ1v) is 3.62. The molecule has 0 bridgehead atoms. The number of aromatic nitrogens is 1.